The molecule has 0 aliphatic carbocycles. The fourth-order valence-corrected chi connectivity index (χ4v) is 2.22. The van der Waals surface area contributed by atoms with Gasteiger partial charge in [-0.2, -0.15) is 0 Å². The van der Waals surface area contributed by atoms with Gasteiger partial charge in [0.05, 0.1) is 0 Å². The van der Waals surface area contributed by atoms with Crippen molar-refractivity contribution in [3.05, 3.63) is 42.0 Å². The number of hydrogen-bond donors (Lipinski definition) is 2. The van der Waals surface area contributed by atoms with Crippen LogP contribution in [0.1, 0.15) is 37.6 Å². The molecule has 0 fully saturated rings. The number of nitrogen functional groups attached to an aromatic ring is 1. The third kappa shape index (κ3) is 5.77. The number of nitrogens with zero attached hydrogens (tertiary/aromatic N) is 2. The molecule has 0 aliphatic rings. The lowest BCUT2D eigenvalue weighted by Crippen LogP contribution is -2.16. The Bertz CT molecular complexity index is 641. The van der Waals surface area contributed by atoms with Gasteiger partial charge in [-0.25, -0.2) is 4.98 Å². The first-order valence-electron chi connectivity index (χ1n) is 7.14. The monoisotopic (exact) mass is 358 g/mol. The second kappa shape index (κ2) is 9.43. The largest absolute Gasteiger partial charge is 0.399 e. The third-order valence-electron chi connectivity index (χ3n) is 3.38. The summed E-state index contributed by atoms with van der Waals surface area (Å²) >= 11 is 0. The Balaban J connectivity index is 0.00000242. The zero-order valence-corrected chi connectivity index (χ0v) is 15.2. The van der Waals surface area contributed by atoms with Crippen molar-refractivity contribution in [3.63, 3.8) is 0 Å². The summed E-state index contributed by atoms with van der Waals surface area (Å²) in [5.41, 5.74) is 8.17. The van der Waals surface area contributed by atoms with E-state index in [9.17, 15) is 4.79 Å². The van der Waals surface area contributed by atoms with Crippen molar-refractivity contribution in [2.24, 2.45) is 0 Å². The van der Waals surface area contributed by atoms with Crippen molar-refractivity contribution >= 4 is 42.1 Å². The van der Waals surface area contributed by atoms with Crippen LogP contribution in [0.2, 0.25) is 0 Å². The predicted octanol–water partition coefficient (Wildman–Crippen LogP) is 3.77. The van der Waals surface area contributed by atoms with E-state index < -0.39 is 0 Å². The first-order valence-corrected chi connectivity index (χ1v) is 7.14. The summed E-state index contributed by atoms with van der Waals surface area (Å²) < 4.78 is 2.02. The van der Waals surface area contributed by atoms with Gasteiger partial charge in [-0.15, -0.1) is 24.8 Å². The SMILES string of the molecule is Cc1ccc(N)cc1NC(=O)CCn1ccnc1C(C)C.Cl.Cl. The molecule has 0 aliphatic heterocycles. The summed E-state index contributed by atoms with van der Waals surface area (Å²) in [5, 5.41) is 2.91. The summed E-state index contributed by atoms with van der Waals surface area (Å²) in [4.78, 5) is 16.4. The van der Waals surface area contributed by atoms with Crippen LogP contribution in [0.15, 0.2) is 30.6 Å². The Morgan fingerprint density at radius 3 is 2.70 bits per heavy atom. The molecule has 0 saturated carbocycles. The van der Waals surface area contributed by atoms with Crippen LogP contribution in [0.3, 0.4) is 0 Å². The van der Waals surface area contributed by atoms with E-state index in [4.69, 9.17) is 5.73 Å². The van der Waals surface area contributed by atoms with Crippen molar-refractivity contribution in [2.45, 2.75) is 39.7 Å². The van der Waals surface area contributed by atoms with E-state index in [-0.39, 0.29) is 30.7 Å². The van der Waals surface area contributed by atoms with Gasteiger partial charge in [0.15, 0.2) is 0 Å². The number of carbonyl (C=O) groups is 1. The van der Waals surface area contributed by atoms with Gasteiger partial charge in [0.2, 0.25) is 5.91 Å². The number of anilines is 2. The number of benzene rings is 1. The maximum Gasteiger partial charge on any atom is 0.226 e. The lowest BCUT2D eigenvalue weighted by molar-refractivity contribution is -0.116. The van der Waals surface area contributed by atoms with Gasteiger partial charge >= 0.3 is 0 Å². The van der Waals surface area contributed by atoms with Crippen molar-refractivity contribution in [1.82, 2.24) is 9.55 Å². The number of hydrogen-bond acceptors (Lipinski definition) is 3. The molecule has 0 spiro atoms. The minimum absolute atomic E-state index is 0. The second-order valence-electron chi connectivity index (χ2n) is 5.51. The number of aryl methyl sites for hydroxylation is 2. The van der Waals surface area contributed by atoms with Crippen LogP contribution in [0.25, 0.3) is 0 Å². The minimum Gasteiger partial charge on any atom is -0.399 e. The van der Waals surface area contributed by atoms with Gasteiger partial charge < -0.3 is 15.6 Å². The van der Waals surface area contributed by atoms with Crippen LogP contribution in [0, 0.1) is 6.92 Å². The third-order valence-corrected chi connectivity index (χ3v) is 3.38. The van der Waals surface area contributed by atoms with E-state index >= 15 is 0 Å². The molecule has 128 valence electrons. The summed E-state index contributed by atoms with van der Waals surface area (Å²) in [6, 6.07) is 5.51. The van der Waals surface area contributed by atoms with Crippen LogP contribution >= 0.6 is 24.8 Å². The number of rotatable bonds is 5. The Labute approximate surface area is 149 Å². The highest BCUT2D eigenvalue weighted by Crippen LogP contribution is 2.18. The average Bonchev–Trinajstić information content (AvgIpc) is 2.89. The molecular formula is C16H24Cl2N4O. The minimum atomic E-state index is -0.0212. The Morgan fingerprint density at radius 1 is 1.35 bits per heavy atom. The molecule has 1 amide bonds. The smallest absolute Gasteiger partial charge is 0.226 e. The summed E-state index contributed by atoms with van der Waals surface area (Å²) in [5.74, 6) is 1.33. The van der Waals surface area contributed by atoms with Crippen molar-refractivity contribution in [1.29, 1.82) is 0 Å². The van der Waals surface area contributed by atoms with Crippen LogP contribution < -0.4 is 11.1 Å². The molecule has 2 aromatic rings. The summed E-state index contributed by atoms with van der Waals surface area (Å²) in [6.07, 6.45) is 4.09. The molecule has 5 nitrogen and oxygen atoms in total. The first kappa shape index (κ1) is 21.3. The number of amides is 1. The molecule has 3 N–H and O–H groups in total. The van der Waals surface area contributed by atoms with Crippen LogP contribution in [0.4, 0.5) is 11.4 Å². The normalized spacial score (nSPS) is 9.91. The zero-order valence-electron chi connectivity index (χ0n) is 13.6. The number of nitrogens with two attached hydrogens (primary N) is 1. The number of nitrogens with one attached hydrogen (secondary N) is 1. The molecule has 1 aromatic heterocycles. The highest BCUT2D eigenvalue weighted by molar-refractivity contribution is 5.92. The quantitative estimate of drug-likeness (QED) is 0.798. The maximum absolute atomic E-state index is 12.1. The van der Waals surface area contributed by atoms with Gasteiger partial charge in [0.1, 0.15) is 5.82 Å². The number of halogens is 2. The van der Waals surface area contributed by atoms with Crippen molar-refractivity contribution in [2.75, 3.05) is 11.1 Å². The molecule has 0 atom stereocenters. The molecule has 7 heteroatoms. The molecular weight excluding hydrogens is 335 g/mol. The van der Waals surface area contributed by atoms with Gasteiger partial charge in [0.25, 0.3) is 0 Å². The lowest BCUT2D eigenvalue weighted by Gasteiger charge is -2.12. The van der Waals surface area contributed by atoms with Crippen molar-refractivity contribution < 1.29 is 4.79 Å². The Hall–Kier alpha value is -1.72. The van der Waals surface area contributed by atoms with Crippen LogP contribution in [-0.4, -0.2) is 15.5 Å². The lowest BCUT2D eigenvalue weighted by atomic mass is 10.2. The van der Waals surface area contributed by atoms with Gasteiger partial charge in [-0.3, -0.25) is 4.79 Å². The van der Waals surface area contributed by atoms with Crippen molar-refractivity contribution in [3.8, 4) is 0 Å². The molecule has 23 heavy (non-hydrogen) atoms. The van der Waals surface area contributed by atoms with E-state index in [0.29, 0.717) is 24.6 Å². The van der Waals surface area contributed by atoms with Gasteiger partial charge in [-0.05, 0) is 24.6 Å². The fraction of sp³-hybridized carbons (Fsp3) is 0.375. The predicted molar refractivity (Wildman–Crippen MR) is 99.7 cm³/mol. The van der Waals surface area contributed by atoms with E-state index in [1.165, 1.54) is 0 Å². The molecule has 0 radical (unpaired) electrons. The van der Waals surface area contributed by atoms with Gasteiger partial charge in [-0.1, -0.05) is 19.9 Å². The first-order chi connectivity index (χ1) is 9.97. The zero-order chi connectivity index (χ0) is 15.4. The van der Waals surface area contributed by atoms with E-state index in [1.807, 2.05) is 29.8 Å². The topological polar surface area (TPSA) is 72.9 Å². The molecule has 1 heterocycles. The average molecular weight is 359 g/mol. The fourth-order valence-electron chi connectivity index (χ4n) is 2.22. The molecule has 0 bridgehead atoms. The number of imidazole rings is 1. The van der Waals surface area contributed by atoms with E-state index in [0.717, 1.165) is 17.1 Å². The highest BCUT2D eigenvalue weighted by atomic mass is 35.5. The summed E-state index contributed by atoms with van der Waals surface area (Å²) in [7, 11) is 0. The highest BCUT2D eigenvalue weighted by Gasteiger charge is 2.10. The Morgan fingerprint density at radius 2 is 2.04 bits per heavy atom. The molecule has 1 aromatic carbocycles. The molecule has 0 saturated heterocycles. The van der Waals surface area contributed by atoms with Gasteiger partial charge in [0, 0.05) is 42.7 Å². The Kier molecular flexibility index (Phi) is 8.72. The van der Waals surface area contributed by atoms with Crippen LogP contribution in [0.5, 0.6) is 0 Å². The van der Waals surface area contributed by atoms with E-state index in [1.54, 1.807) is 12.3 Å². The van der Waals surface area contributed by atoms with Crippen LogP contribution in [-0.2, 0) is 11.3 Å². The standard InChI is InChI=1S/C16H22N4O.2ClH/c1-11(2)16-18-7-9-20(16)8-6-15(21)19-14-10-13(17)5-4-12(14)3;;/h4-5,7,9-11H,6,8,17H2,1-3H3,(H,19,21);2*1H. The number of carbonyl (C=O) groups excluding carboxylic acids is 1. The van der Waals surface area contributed by atoms with E-state index in [2.05, 4.69) is 24.1 Å². The maximum atomic E-state index is 12.1. The second-order valence-corrected chi connectivity index (χ2v) is 5.51. The molecule has 2 rings (SSSR count). The number of aromatic nitrogens is 2. The molecule has 0 unspecified atom stereocenters. The summed E-state index contributed by atoms with van der Waals surface area (Å²) in [6.45, 7) is 6.76.